The van der Waals surface area contributed by atoms with Crippen molar-refractivity contribution in [3.8, 4) is 0 Å². The maximum Gasteiger partial charge on any atom is 0.223 e. The molecule has 6 heteroatoms. The minimum Gasteiger partial charge on any atom is -0.345 e. The third-order valence-electron chi connectivity index (χ3n) is 6.41. The molecule has 2 aromatic rings. The second kappa shape index (κ2) is 8.29. The van der Waals surface area contributed by atoms with Crippen molar-refractivity contribution in [3.63, 3.8) is 0 Å². The van der Waals surface area contributed by atoms with E-state index in [1.807, 2.05) is 17.0 Å². The Balaban J connectivity index is 1.48. The summed E-state index contributed by atoms with van der Waals surface area (Å²) in [4.78, 5) is 21.8. The van der Waals surface area contributed by atoms with Crippen molar-refractivity contribution >= 4 is 22.4 Å². The number of thiazole rings is 1. The van der Waals surface area contributed by atoms with Gasteiger partial charge in [-0.2, -0.15) is 0 Å². The number of anilines is 1. The first-order chi connectivity index (χ1) is 14.3. The zero-order chi connectivity index (χ0) is 21.4. The van der Waals surface area contributed by atoms with Gasteiger partial charge in [-0.25, -0.2) is 9.37 Å². The number of carbonyl (C=O) groups is 1. The normalized spacial score (nSPS) is 19.3. The van der Waals surface area contributed by atoms with Gasteiger partial charge in [0.2, 0.25) is 5.91 Å². The van der Waals surface area contributed by atoms with E-state index in [9.17, 15) is 9.18 Å². The Morgan fingerprint density at radius 1 is 1.13 bits per heavy atom. The zero-order valence-electron chi connectivity index (χ0n) is 18.3. The Bertz CT molecular complexity index is 890. The lowest BCUT2D eigenvalue weighted by Crippen LogP contribution is -2.49. The minimum absolute atomic E-state index is 0.0146. The molecule has 0 N–H and O–H groups in total. The van der Waals surface area contributed by atoms with Crippen molar-refractivity contribution in [2.75, 3.05) is 31.1 Å². The molecule has 162 valence electrons. The summed E-state index contributed by atoms with van der Waals surface area (Å²) >= 11 is 1.65. The van der Waals surface area contributed by atoms with Crippen molar-refractivity contribution in [1.82, 2.24) is 9.88 Å². The van der Waals surface area contributed by atoms with Gasteiger partial charge < -0.3 is 9.80 Å². The predicted molar refractivity (Wildman–Crippen MR) is 121 cm³/mol. The first-order valence-corrected chi connectivity index (χ1v) is 11.9. The summed E-state index contributed by atoms with van der Waals surface area (Å²) in [5, 5.41) is 3.13. The third-order valence-corrected chi connectivity index (χ3v) is 7.31. The summed E-state index contributed by atoms with van der Waals surface area (Å²) in [6, 6.07) is 7.18. The van der Waals surface area contributed by atoms with Crippen LogP contribution in [0.4, 0.5) is 9.52 Å². The molecular formula is C24H32FN3OS. The van der Waals surface area contributed by atoms with E-state index in [1.165, 1.54) is 0 Å². The van der Waals surface area contributed by atoms with E-state index >= 15 is 0 Å². The van der Waals surface area contributed by atoms with Crippen LogP contribution in [-0.2, 0) is 10.2 Å². The van der Waals surface area contributed by atoms with Gasteiger partial charge in [0.05, 0.1) is 5.69 Å². The van der Waals surface area contributed by atoms with Gasteiger partial charge in [0, 0.05) is 43.4 Å². The first kappa shape index (κ1) is 21.3. The molecular weight excluding hydrogens is 397 g/mol. The highest BCUT2D eigenvalue weighted by atomic mass is 32.1. The lowest BCUT2D eigenvalue weighted by Gasteiger charge is -2.36. The van der Waals surface area contributed by atoms with Crippen LogP contribution in [0.25, 0.3) is 0 Å². The summed E-state index contributed by atoms with van der Waals surface area (Å²) in [6.07, 6.45) is 4.70. The van der Waals surface area contributed by atoms with Crippen molar-refractivity contribution in [2.24, 2.45) is 5.41 Å². The number of hydrogen-bond donors (Lipinski definition) is 0. The highest BCUT2D eigenvalue weighted by Crippen LogP contribution is 2.48. The molecule has 0 atom stereocenters. The van der Waals surface area contributed by atoms with Crippen LogP contribution in [0, 0.1) is 11.2 Å². The number of rotatable bonds is 4. The first-order valence-electron chi connectivity index (χ1n) is 11.0. The number of hydrogen-bond acceptors (Lipinski definition) is 4. The van der Waals surface area contributed by atoms with Crippen LogP contribution in [0.5, 0.6) is 0 Å². The van der Waals surface area contributed by atoms with Crippen molar-refractivity contribution in [3.05, 3.63) is 46.7 Å². The molecule has 0 spiro atoms. The zero-order valence-corrected chi connectivity index (χ0v) is 19.1. The van der Waals surface area contributed by atoms with Crippen LogP contribution >= 0.6 is 11.3 Å². The molecule has 1 aliphatic carbocycles. The standard InChI is InChI=1S/C24H32FN3OS/c1-23(2,3)16-21(29)27-12-14-28(15-13-27)22-26-20(17-30-22)24(10-6-7-11-24)18-8-4-5-9-19(18)25/h4-5,8-9,17H,6-7,10-16H2,1-3H3. The highest BCUT2D eigenvalue weighted by molar-refractivity contribution is 7.13. The number of amides is 1. The van der Waals surface area contributed by atoms with Gasteiger partial charge in [0.25, 0.3) is 0 Å². The van der Waals surface area contributed by atoms with E-state index < -0.39 is 0 Å². The molecule has 0 bridgehead atoms. The lowest BCUT2D eigenvalue weighted by molar-refractivity contribution is -0.133. The quantitative estimate of drug-likeness (QED) is 0.668. The summed E-state index contributed by atoms with van der Waals surface area (Å²) in [6.45, 7) is 9.39. The average molecular weight is 430 g/mol. The number of halogens is 1. The molecule has 4 nitrogen and oxygen atoms in total. The Morgan fingerprint density at radius 3 is 2.43 bits per heavy atom. The molecule has 1 aromatic heterocycles. The fourth-order valence-corrected chi connectivity index (χ4v) is 5.81. The Kier molecular flexibility index (Phi) is 5.88. The third kappa shape index (κ3) is 4.25. The Labute approximate surface area is 183 Å². The van der Waals surface area contributed by atoms with E-state index in [-0.39, 0.29) is 22.6 Å². The lowest BCUT2D eigenvalue weighted by atomic mass is 9.76. The largest absolute Gasteiger partial charge is 0.345 e. The fourth-order valence-electron chi connectivity index (χ4n) is 4.83. The van der Waals surface area contributed by atoms with E-state index in [1.54, 1.807) is 23.5 Å². The molecule has 1 saturated carbocycles. The Hall–Kier alpha value is -1.95. The highest BCUT2D eigenvalue weighted by Gasteiger charge is 2.41. The number of carbonyl (C=O) groups excluding carboxylic acids is 1. The van der Waals surface area contributed by atoms with Gasteiger partial charge in [0.1, 0.15) is 5.82 Å². The Morgan fingerprint density at radius 2 is 1.80 bits per heavy atom. The van der Waals surface area contributed by atoms with Gasteiger partial charge in [-0.15, -0.1) is 11.3 Å². The molecule has 1 aliphatic heterocycles. The topological polar surface area (TPSA) is 36.4 Å². The van der Waals surface area contributed by atoms with Crippen LogP contribution in [0.1, 0.15) is 64.1 Å². The number of benzene rings is 1. The summed E-state index contributed by atoms with van der Waals surface area (Å²) in [5.41, 5.74) is 1.51. The van der Waals surface area contributed by atoms with E-state index in [4.69, 9.17) is 4.98 Å². The number of piperazine rings is 1. The molecule has 1 amide bonds. The maximum atomic E-state index is 14.7. The van der Waals surface area contributed by atoms with Gasteiger partial charge >= 0.3 is 0 Å². The van der Waals surface area contributed by atoms with Crippen LogP contribution in [-0.4, -0.2) is 42.0 Å². The van der Waals surface area contributed by atoms with Gasteiger partial charge in [0.15, 0.2) is 5.13 Å². The molecule has 1 saturated heterocycles. The molecule has 2 aliphatic rings. The monoisotopic (exact) mass is 429 g/mol. The van der Waals surface area contributed by atoms with Crippen molar-refractivity contribution in [1.29, 1.82) is 0 Å². The smallest absolute Gasteiger partial charge is 0.223 e. The van der Waals surface area contributed by atoms with Gasteiger partial charge in [-0.05, 0) is 29.9 Å². The molecule has 2 fully saturated rings. The van der Waals surface area contributed by atoms with Crippen LogP contribution in [0.3, 0.4) is 0 Å². The summed E-state index contributed by atoms with van der Waals surface area (Å²) < 4.78 is 14.7. The second-order valence-corrected chi connectivity index (χ2v) is 10.7. The van der Waals surface area contributed by atoms with Gasteiger partial charge in [-0.1, -0.05) is 51.8 Å². The van der Waals surface area contributed by atoms with Crippen molar-refractivity contribution < 1.29 is 9.18 Å². The number of nitrogens with zero attached hydrogens (tertiary/aromatic N) is 3. The summed E-state index contributed by atoms with van der Waals surface area (Å²) in [5.74, 6) is 0.117. The van der Waals surface area contributed by atoms with E-state index in [0.29, 0.717) is 6.42 Å². The molecule has 4 rings (SSSR count). The van der Waals surface area contributed by atoms with E-state index in [2.05, 4.69) is 31.1 Å². The number of aromatic nitrogens is 1. The SMILES string of the molecule is CC(C)(C)CC(=O)N1CCN(c2nc(C3(c4ccccc4F)CCCC3)cs2)CC1. The molecule has 0 radical (unpaired) electrons. The fraction of sp³-hybridized carbons (Fsp3) is 0.583. The molecule has 2 heterocycles. The van der Waals surface area contributed by atoms with Crippen LogP contribution in [0.15, 0.2) is 29.6 Å². The average Bonchev–Trinajstić information content (AvgIpc) is 3.38. The molecule has 1 aromatic carbocycles. The molecule has 30 heavy (non-hydrogen) atoms. The van der Waals surface area contributed by atoms with Crippen LogP contribution < -0.4 is 4.90 Å². The van der Waals surface area contributed by atoms with Crippen LogP contribution in [0.2, 0.25) is 0 Å². The van der Waals surface area contributed by atoms with E-state index in [0.717, 1.165) is 68.3 Å². The summed E-state index contributed by atoms with van der Waals surface area (Å²) in [7, 11) is 0. The predicted octanol–water partition coefficient (Wildman–Crippen LogP) is 5.23. The van der Waals surface area contributed by atoms with Crippen molar-refractivity contribution in [2.45, 2.75) is 58.3 Å². The molecule has 0 unspecified atom stereocenters. The van der Waals surface area contributed by atoms with Gasteiger partial charge in [-0.3, -0.25) is 4.79 Å². The second-order valence-electron chi connectivity index (χ2n) is 9.89. The maximum absolute atomic E-state index is 14.7. The minimum atomic E-state index is -0.301.